The SMILES string of the molecule is COC(=O)c1ccc(Cl)c(NC(=O)CN(c2ccc(C)c(Cl)c2)S(=O)(=O)c2ccc(C)cc2)c1. The third kappa shape index (κ3) is 5.70. The van der Waals surface area contributed by atoms with Gasteiger partial charge in [-0.3, -0.25) is 9.10 Å². The number of esters is 1. The van der Waals surface area contributed by atoms with Gasteiger partial charge in [-0.25, -0.2) is 13.2 Å². The van der Waals surface area contributed by atoms with Crippen molar-refractivity contribution in [3.05, 3.63) is 87.4 Å². The van der Waals surface area contributed by atoms with Crippen molar-refractivity contribution < 1.29 is 22.7 Å². The van der Waals surface area contributed by atoms with E-state index in [1.165, 1.54) is 43.5 Å². The third-order valence-electron chi connectivity index (χ3n) is 5.00. The average molecular weight is 521 g/mol. The molecule has 34 heavy (non-hydrogen) atoms. The molecule has 0 radical (unpaired) electrons. The quantitative estimate of drug-likeness (QED) is 0.430. The number of hydrogen-bond donors (Lipinski definition) is 1. The molecule has 0 atom stereocenters. The van der Waals surface area contributed by atoms with Gasteiger partial charge >= 0.3 is 5.97 Å². The summed E-state index contributed by atoms with van der Waals surface area (Å²) in [5, 5.41) is 3.10. The van der Waals surface area contributed by atoms with Crippen LogP contribution >= 0.6 is 23.2 Å². The van der Waals surface area contributed by atoms with Crippen molar-refractivity contribution in [2.24, 2.45) is 0 Å². The summed E-state index contributed by atoms with van der Waals surface area (Å²) in [6.45, 7) is 3.07. The van der Waals surface area contributed by atoms with Crippen LogP contribution in [0.5, 0.6) is 0 Å². The van der Waals surface area contributed by atoms with Crippen molar-refractivity contribution >= 4 is 56.5 Å². The highest BCUT2D eigenvalue weighted by Crippen LogP contribution is 2.29. The number of benzene rings is 3. The number of rotatable bonds is 7. The summed E-state index contributed by atoms with van der Waals surface area (Å²) in [4.78, 5) is 24.8. The molecular weight excluding hydrogens is 499 g/mol. The number of hydrogen-bond acceptors (Lipinski definition) is 5. The summed E-state index contributed by atoms with van der Waals surface area (Å²) < 4.78 is 32.6. The lowest BCUT2D eigenvalue weighted by molar-refractivity contribution is -0.114. The number of ether oxygens (including phenoxy) is 1. The fourth-order valence-electron chi connectivity index (χ4n) is 3.08. The Balaban J connectivity index is 1.97. The van der Waals surface area contributed by atoms with Crippen LogP contribution in [-0.4, -0.2) is 33.9 Å². The molecule has 0 aromatic heterocycles. The van der Waals surface area contributed by atoms with Crippen LogP contribution in [0.2, 0.25) is 10.0 Å². The molecule has 10 heteroatoms. The fraction of sp³-hybridized carbons (Fsp3) is 0.167. The maximum absolute atomic E-state index is 13.5. The molecule has 0 saturated heterocycles. The molecule has 3 aromatic rings. The molecule has 1 N–H and O–H groups in total. The molecule has 0 saturated carbocycles. The van der Waals surface area contributed by atoms with Gasteiger partial charge in [0.2, 0.25) is 5.91 Å². The second kappa shape index (κ2) is 10.5. The zero-order valence-corrected chi connectivity index (χ0v) is 21.0. The highest BCUT2D eigenvalue weighted by atomic mass is 35.5. The van der Waals surface area contributed by atoms with Gasteiger partial charge in [-0.2, -0.15) is 0 Å². The van der Waals surface area contributed by atoms with Crippen molar-refractivity contribution in [2.45, 2.75) is 18.7 Å². The normalized spacial score (nSPS) is 11.1. The molecule has 178 valence electrons. The molecule has 3 aromatic carbocycles. The molecule has 3 rings (SSSR count). The van der Waals surface area contributed by atoms with Crippen molar-refractivity contribution in [3.8, 4) is 0 Å². The lowest BCUT2D eigenvalue weighted by atomic mass is 10.2. The zero-order valence-electron chi connectivity index (χ0n) is 18.6. The third-order valence-corrected chi connectivity index (χ3v) is 7.53. The van der Waals surface area contributed by atoms with Crippen LogP contribution < -0.4 is 9.62 Å². The van der Waals surface area contributed by atoms with Crippen molar-refractivity contribution in [3.63, 3.8) is 0 Å². The molecule has 0 fully saturated rings. The summed E-state index contributed by atoms with van der Waals surface area (Å²) in [5.74, 6) is -1.28. The lowest BCUT2D eigenvalue weighted by Gasteiger charge is -2.25. The number of carbonyl (C=O) groups is 2. The molecule has 7 nitrogen and oxygen atoms in total. The Morgan fingerprint density at radius 2 is 1.62 bits per heavy atom. The second-order valence-corrected chi connectivity index (χ2v) is 10.2. The summed E-state index contributed by atoms with van der Waals surface area (Å²) in [5.41, 5.74) is 2.19. The number of anilines is 2. The molecule has 0 aliphatic heterocycles. The van der Waals surface area contributed by atoms with Gasteiger partial charge in [-0.05, 0) is 61.9 Å². The Morgan fingerprint density at radius 1 is 0.941 bits per heavy atom. The minimum absolute atomic E-state index is 0.0216. The maximum Gasteiger partial charge on any atom is 0.337 e. The molecule has 1 amide bonds. The van der Waals surface area contributed by atoms with Crippen molar-refractivity contribution in [2.75, 3.05) is 23.3 Å². The van der Waals surface area contributed by atoms with Gasteiger partial charge in [0.25, 0.3) is 10.0 Å². The van der Waals surface area contributed by atoms with Crippen LogP contribution in [0.25, 0.3) is 0 Å². The van der Waals surface area contributed by atoms with Gasteiger partial charge in [0.1, 0.15) is 6.54 Å². The summed E-state index contributed by atoms with van der Waals surface area (Å²) in [6.07, 6.45) is 0. The van der Waals surface area contributed by atoms with E-state index in [2.05, 4.69) is 10.1 Å². The highest BCUT2D eigenvalue weighted by molar-refractivity contribution is 7.92. The standard InChI is InChI=1S/C24H22Cl2N2O5S/c1-15-4-9-19(10-5-15)34(31,32)28(18-8-6-16(2)21(26)13-18)14-23(29)27-22-12-17(24(30)33-3)7-11-20(22)25/h4-13H,14H2,1-3H3,(H,27,29). The number of sulfonamides is 1. The minimum atomic E-state index is -4.12. The van der Waals surface area contributed by atoms with Crippen LogP contribution in [0.4, 0.5) is 11.4 Å². The number of nitrogens with zero attached hydrogens (tertiary/aromatic N) is 1. The summed E-state index contributed by atoms with van der Waals surface area (Å²) >= 11 is 12.4. The first kappa shape index (κ1) is 25.6. The molecule has 0 bridgehead atoms. The number of halogens is 2. The van der Waals surface area contributed by atoms with Gasteiger partial charge in [0.15, 0.2) is 0 Å². The van der Waals surface area contributed by atoms with Crippen LogP contribution in [0.3, 0.4) is 0 Å². The molecule has 0 aliphatic carbocycles. The topological polar surface area (TPSA) is 92.8 Å². The second-order valence-electron chi connectivity index (χ2n) is 7.49. The smallest absolute Gasteiger partial charge is 0.337 e. The van der Waals surface area contributed by atoms with E-state index in [0.29, 0.717) is 5.02 Å². The van der Waals surface area contributed by atoms with Gasteiger partial charge in [0, 0.05) is 5.02 Å². The van der Waals surface area contributed by atoms with Gasteiger partial charge in [-0.1, -0.05) is 47.0 Å². The largest absolute Gasteiger partial charge is 0.465 e. The van der Waals surface area contributed by atoms with E-state index in [-0.39, 0.29) is 26.9 Å². The first-order chi connectivity index (χ1) is 16.0. The van der Waals surface area contributed by atoms with E-state index in [0.717, 1.165) is 15.4 Å². The molecule has 0 spiro atoms. The first-order valence-corrected chi connectivity index (χ1v) is 12.3. The number of amides is 1. The van der Waals surface area contributed by atoms with E-state index in [4.69, 9.17) is 23.2 Å². The highest BCUT2D eigenvalue weighted by Gasteiger charge is 2.28. The Labute approximate surface area is 208 Å². The predicted molar refractivity (Wildman–Crippen MR) is 133 cm³/mol. The fourth-order valence-corrected chi connectivity index (χ4v) is 4.83. The molecular formula is C24H22Cl2N2O5S. The van der Waals surface area contributed by atoms with Crippen LogP contribution in [0, 0.1) is 13.8 Å². The van der Waals surface area contributed by atoms with Crippen LogP contribution in [-0.2, 0) is 19.6 Å². The monoisotopic (exact) mass is 520 g/mol. The predicted octanol–water partition coefficient (Wildman–Crippen LogP) is 5.23. The number of methoxy groups -OCH3 is 1. The number of aryl methyl sites for hydroxylation is 2. The minimum Gasteiger partial charge on any atom is -0.465 e. The average Bonchev–Trinajstić information content (AvgIpc) is 2.80. The van der Waals surface area contributed by atoms with E-state index in [9.17, 15) is 18.0 Å². The van der Waals surface area contributed by atoms with Crippen LogP contribution in [0.1, 0.15) is 21.5 Å². The molecule has 0 unspecified atom stereocenters. The Morgan fingerprint density at radius 3 is 2.24 bits per heavy atom. The molecule has 0 heterocycles. The number of nitrogens with one attached hydrogen (secondary N) is 1. The number of carbonyl (C=O) groups excluding carboxylic acids is 2. The first-order valence-electron chi connectivity index (χ1n) is 10.1. The Kier molecular flexibility index (Phi) is 7.86. The Bertz CT molecular complexity index is 1340. The van der Waals surface area contributed by atoms with E-state index >= 15 is 0 Å². The Hall–Kier alpha value is -3.07. The van der Waals surface area contributed by atoms with E-state index in [1.54, 1.807) is 31.2 Å². The summed E-state index contributed by atoms with van der Waals surface area (Å²) in [6, 6.07) is 15.3. The van der Waals surface area contributed by atoms with Gasteiger partial charge in [-0.15, -0.1) is 0 Å². The van der Waals surface area contributed by atoms with Crippen molar-refractivity contribution in [1.82, 2.24) is 0 Å². The maximum atomic E-state index is 13.5. The molecule has 0 aliphatic rings. The van der Waals surface area contributed by atoms with E-state index in [1.807, 2.05) is 6.92 Å². The zero-order chi connectivity index (χ0) is 25.0. The van der Waals surface area contributed by atoms with Crippen LogP contribution in [0.15, 0.2) is 65.6 Å². The van der Waals surface area contributed by atoms with Crippen molar-refractivity contribution in [1.29, 1.82) is 0 Å². The van der Waals surface area contributed by atoms with Gasteiger partial charge in [0.05, 0.1) is 34.0 Å². The summed E-state index contributed by atoms with van der Waals surface area (Å²) in [7, 11) is -2.88. The van der Waals surface area contributed by atoms with Gasteiger partial charge < -0.3 is 10.1 Å². The lowest BCUT2D eigenvalue weighted by Crippen LogP contribution is -2.38. The van der Waals surface area contributed by atoms with E-state index < -0.39 is 28.4 Å².